The Morgan fingerprint density at radius 1 is 0.963 bits per heavy atom. The second-order valence-electron chi connectivity index (χ2n) is 7.10. The monoisotopic (exact) mass is 370 g/mol. The zero-order valence-corrected chi connectivity index (χ0v) is 15.8. The SMILES string of the molecule is CC(=O)Oc1cccc(C(=O)N2CCCN(C(=O)C=C3CCCC3)CC2)c1. The van der Waals surface area contributed by atoms with Gasteiger partial charge in [0.25, 0.3) is 5.91 Å². The van der Waals surface area contributed by atoms with Gasteiger partial charge in [-0.05, 0) is 50.3 Å². The summed E-state index contributed by atoms with van der Waals surface area (Å²) in [5.74, 6) is -0.0893. The number of esters is 1. The molecule has 6 heteroatoms. The summed E-state index contributed by atoms with van der Waals surface area (Å²) in [7, 11) is 0. The smallest absolute Gasteiger partial charge is 0.308 e. The number of carbonyl (C=O) groups excluding carboxylic acids is 3. The molecule has 6 nitrogen and oxygen atoms in total. The molecule has 2 fully saturated rings. The first-order valence-electron chi connectivity index (χ1n) is 9.59. The van der Waals surface area contributed by atoms with Crippen molar-refractivity contribution in [3.8, 4) is 5.75 Å². The first-order chi connectivity index (χ1) is 13.0. The topological polar surface area (TPSA) is 66.9 Å². The lowest BCUT2D eigenvalue weighted by atomic mass is 10.2. The minimum absolute atomic E-state index is 0.0676. The third kappa shape index (κ3) is 5.18. The van der Waals surface area contributed by atoms with Crippen molar-refractivity contribution in [2.45, 2.75) is 39.0 Å². The highest BCUT2D eigenvalue weighted by molar-refractivity contribution is 5.95. The summed E-state index contributed by atoms with van der Waals surface area (Å²) in [6.07, 6.45) is 6.96. The molecule has 2 amide bonds. The Morgan fingerprint density at radius 2 is 1.67 bits per heavy atom. The van der Waals surface area contributed by atoms with Gasteiger partial charge in [-0.2, -0.15) is 0 Å². The van der Waals surface area contributed by atoms with Crippen LogP contribution in [0.4, 0.5) is 0 Å². The van der Waals surface area contributed by atoms with Gasteiger partial charge in [-0.15, -0.1) is 0 Å². The first-order valence-corrected chi connectivity index (χ1v) is 9.59. The van der Waals surface area contributed by atoms with E-state index in [1.165, 1.54) is 25.3 Å². The Hall–Kier alpha value is -2.63. The molecular formula is C21H26N2O4. The Kier molecular flexibility index (Phi) is 6.27. The molecule has 1 aromatic carbocycles. The zero-order valence-electron chi connectivity index (χ0n) is 15.8. The molecular weight excluding hydrogens is 344 g/mol. The highest BCUT2D eigenvalue weighted by Crippen LogP contribution is 2.24. The molecule has 0 unspecified atom stereocenters. The standard InChI is InChI=1S/C21H26N2O4/c1-16(24)27-19-9-4-8-18(15-19)21(26)23-11-5-10-22(12-13-23)20(25)14-17-6-2-3-7-17/h4,8-9,14-15H,2-3,5-7,10-13H2,1H3. The number of nitrogens with zero attached hydrogens (tertiary/aromatic N) is 2. The molecule has 1 heterocycles. The maximum absolute atomic E-state index is 12.8. The van der Waals surface area contributed by atoms with Crippen LogP contribution in [0.15, 0.2) is 35.9 Å². The van der Waals surface area contributed by atoms with Crippen LogP contribution in [0.1, 0.15) is 49.4 Å². The summed E-state index contributed by atoms with van der Waals surface area (Å²) >= 11 is 0. The van der Waals surface area contributed by atoms with Crippen LogP contribution in [0.5, 0.6) is 5.75 Å². The molecule has 2 aliphatic rings. The van der Waals surface area contributed by atoms with Crippen LogP contribution in [0.3, 0.4) is 0 Å². The van der Waals surface area contributed by atoms with E-state index in [1.807, 2.05) is 4.90 Å². The molecule has 3 rings (SSSR count). The van der Waals surface area contributed by atoms with E-state index in [4.69, 9.17) is 4.74 Å². The molecule has 0 bridgehead atoms. The number of carbonyl (C=O) groups is 3. The van der Waals surface area contributed by atoms with Crippen molar-refractivity contribution in [3.63, 3.8) is 0 Å². The van der Waals surface area contributed by atoms with E-state index < -0.39 is 5.97 Å². The van der Waals surface area contributed by atoms with Crippen molar-refractivity contribution in [2.24, 2.45) is 0 Å². The maximum atomic E-state index is 12.8. The summed E-state index contributed by atoms with van der Waals surface area (Å²) in [4.78, 5) is 40.0. The molecule has 1 aromatic rings. The third-order valence-corrected chi connectivity index (χ3v) is 5.01. The summed E-state index contributed by atoms with van der Waals surface area (Å²) in [5, 5.41) is 0. The van der Waals surface area contributed by atoms with Crippen LogP contribution < -0.4 is 4.74 Å². The first kappa shape index (κ1) is 19.1. The summed E-state index contributed by atoms with van der Waals surface area (Å²) in [6.45, 7) is 3.65. The molecule has 0 radical (unpaired) electrons. The number of amides is 2. The largest absolute Gasteiger partial charge is 0.427 e. The van der Waals surface area contributed by atoms with Gasteiger partial charge in [-0.3, -0.25) is 14.4 Å². The number of ether oxygens (including phenoxy) is 1. The molecule has 1 aliphatic carbocycles. The molecule has 27 heavy (non-hydrogen) atoms. The summed E-state index contributed by atoms with van der Waals surface area (Å²) < 4.78 is 5.06. The minimum atomic E-state index is -0.417. The van der Waals surface area contributed by atoms with E-state index >= 15 is 0 Å². The Morgan fingerprint density at radius 3 is 2.41 bits per heavy atom. The van der Waals surface area contributed by atoms with E-state index in [0.717, 1.165) is 19.3 Å². The molecule has 0 aromatic heterocycles. The van der Waals surface area contributed by atoms with Crippen molar-refractivity contribution < 1.29 is 19.1 Å². The van der Waals surface area contributed by atoms with Gasteiger partial charge in [0.15, 0.2) is 0 Å². The van der Waals surface area contributed by atoms with E-state index in [-0.39, 0.29) is 11.8 Å². The van der Waals surface area contributed by atoms with Crippen LogP contribution in [0, 0.1) is 0 Å². The molecule has 1 saturated heterocycles. The number of hydrogen-bond donors (Lipinski definition) is 0. The van der Waals surface area contributed by atoms with Crippen molar-refractivity contribution >= 4 is 17.8 Å². The molecule has 0 N–H and O–H groups in total. The maximum Gasteiger partial charge on any atom is 0.308 e. The van der Waals surface area contributed by atoms with Gasteiger partial charge < -0.3 is 14.5 Å². The van der Waals surface area contributed by atoms with Gasteiger partial charge in [0, 0.05) is 44.7 Å². The van der Waals surface area contributed by atoms with Gasteiger partial charge in [0.05, 0.1) is 0 Å². The fraction of sp³-hybridized carbons (Fsp3) is 0.476. The van der Waals surface area contributed by atoms with E-state index in [2.05, 4.69) is 0 Å². The number of hydrogen-bond acceptors (Lipinski definition) is 4. The third-order valence-electron chi connectivity index (χ3n) is 5.01. The van der Waals surface area contributed by atoms with Crippen LogP contribution >= 0.6 is 0 Å². The predicted molar refractivity (Wildman–Crippen MR) is 101 cm³/mol. The normalized spacial score (nSPS) is 17.4. The van der Waals surface area contributed by atoms with Crippen LogP contribution in [0.25, 0.3) is 0 Å². The Bertz CT molecular complexity index is 748. The molecule has 0 spiro atoms. The van der Waals surface area contributed by atoms with Crippen molar-refractivity contribution in [3.05, 3.63) is 41.5 Å². The highest BCUT2D eigenvalue weighted by Gasteiger charge is 2.23. The van der Waals surface area contributed by atoms with Crippen molar-refractivity contribution in [1.82, 2.24) is 9.80 Å². The van der Waals surface area contributed by atoms with Gasteiger partial charge in [0.1, 0.15) is 5.75 Å². The number of allylic oxidation sites excluding steroid dienone is 1. The van der Waals surface area contributed by atoms with Crippen LogP contribution in [-0.4, -0.2) is 53.8 Å². The lowest BCUT2D eigenvalue weighted by Crippen LogP contribution is -2.36. The van der Waals surface area contributed by atoms with Crippen LogP contribution in [-0.2, 0) is 9.59 Å². The average molecular weight is 370 g/mol. The minimum Gasteiger partial charge on any atom is -0.427 e. The summed E-state index contributed by atoms with van der Waals surface area (Å²) in [5.41, 5.74) is 1.74. The zero-order chi connectivity index (χ0) is 19.2. The van der Waals surface area contributed by atoms with Crippen LogP contribution in [0.2, 0.25) is 0 Å². The van der Waals surface area contributed by atoms with Gasteiger partial charge in [-0.1, -0.05) is 11.6 Å². The molecule has 0 atom stereocenters. The highest BCUT2D eigenvalue weighted by atomic mass is 16.5. The van der Waals surface area contributed by atoms with Crippen molar-refractivity contribution in [2.75, 3.05) is 26.2 Å². The fourth-order valence-corrected chi connectivity index (χ4v) is 3.62. The lowest BCUT2D eigenvalue weighted by Gasteiger charge is -2.22. The number of benzene rings is 1. The molecule has 144 valence electrons. The van der Waals surface area contributed by atoms with Gasteiger partial charge in [0.2, 0.25) is 5.91 Å². The Labute approximate surface area is 159 Å². The van der Waals surface area contributed by atoms with Gasteiger partial charge in [-0.25, -0.2) is 0 Å². The lowest BCUT2D eigenvalue weighted by molar-refractivity contribution is -0.132. The second-order valence-corrected chi connectivity index (χ2v) is 7.10. The molecule has 1 saturated carbocycles. The van der Waals surface area contributed by atoms with E-state index in [0.29, 0.717) is 37.5 Å². The number of rotatable bonds is 3. The van der Waals surface area contributed by atoms with E-state index in [9.17, 15) is 14.4 Å². The fourth-order valence-electron chi connectivity index (χ4n) is 3.62. The van der Waals surface area contributed by atoms with E-state index in [1.54, 1.807) is 35.2 Å². The van der Waals surface area contributed by atoms with Gasteiger partial charge >= 0.3 is 5.97 Å². The average Bonchev–Trinajstić information content (AvgIpc) is 3.02. The second kappa shape index (κ2) is 8.84. The predicted octanol–water partition coefficient (Wildman–Crippen LogP) is 2.79. The summed E-state index contributed by atoms with van der Waals surface area (Å²) in [6, 6.07) is 6.65. The Balaban J connectivity index is 1.62. The van der Waals surface area contributed by atoms with Crippen molar-refractivity contribution in [1.29, 1.82) is 0 Å². The quantitative estimate of drug-likeness (QED) is 0.466. The molecule has 1 aliphatic heterocycles.